The third-order valence-corrected chi connectivity index (χ3v) is 2.12. The Balaban J connectivity index is 2.64. The molecule has 0 aliphatic heterocycles. The Morgan fingerprint density at radius 1 is 1.42 bits per heavy atom. The maximum Gasteiger partial charge on any atom is 0.157 e. The van der Waals surface area contributed by atoms with E-state index in [0.29, 0.717) is 0 Å². The molecule has 0 saturated heterocycles. The largest absolute Gasteiger partial charge is 0.192 e. The van der Waals surface area contributed by atoms with Crippen LogP contribution in [0.2, 0.25) is 0 Å². The van der Waals surface area contributed by atoms with Crippen LogP contribution >= 0.6 is 11.9 Å². The molecule has 1 aromatic heterocycles. The number of thiocyanates is 1. The molecule has 2 aromatic rings. The van der Waals surface area contributed by atoms with Crippen molar-refractivity contribution in [3.8, 4) is 5.40 Å². The van der Waals surface area contributed by atoms with Gasteiger partial charge in [0.15, 0.2) is 5.40 Å². The van der Waals surface area contributed by atoms with Crippen LogP contribution in [-0.4, -0.2) is 9.19 Å². The van der Waals surface area contributed by atoms with Gasteiger partial charge in [0.1, 0.15) is 0 Å². The fraction of sp³-hybridized carbons (Fsp3) is 0. The topological polar surface area (TPSA) is 41.6 Å². The van der Waals surface area contributed by atoms with Crippen LogP contribution in [0.3, 0.4) is 0 Å². The molecule has 0 N–H and O–H groups in total. The molecule has 58 valence electrons. The summed E-state index contributed by atoms with van der Waals surface area (Å²) in [6.07, 6.45) is 1.75. The van der Waals surface area contributed by atoms with E-state index >= 15 is 0 Å². The number of fused-ring (bicyclic) bond motifs is 1. The predicted octanol–water partition coefficient (Wildman–Crippen LogP) is 2.01. The van der Waals surface area contributed by atoms with E-state index in [1.807, 2.05) is 29.7 Å². The molecule has 0 amide bonds. The second-order valence-corrected chi connectivity index (χ2v) is 2.97. The van der Waals surface area contributed by atoms with Crippen LogP contribution in [0, 0.1) is 10.7 Å². The Morgan fingerprint density at radius 3 is 3.08 bits per heavy atom. The molecule has 0 saturated carbocycles. The number of nitrogens with zero attached hydrogens (tertiary/aromatic N) is 3. The normalized spacial score (nSPS) is 9.92. The number of nitriles is 1. The van der Waals surface area contributed by atoms with E-state index in [9.17, 15) is 0 Å². The zero-order chi connectivity index (χ0) is 8.39. The standard InChI is InChI=1S/C8H5N3S/c9-6-12-11-8-4-2-1-3-7(8)5-10-11/h1-5H. The van der Waals surface area contributed by atoms with Crippen molar-refractivity contribution in [2.24, 2.45) is 0 Å². The van der Waals surface area contributed by atoms with Gasteiger partial charge in [-0.05, 0) is 6.07 Å². The quantitative estimate of drug-likeness (QED) is 0.622. The Labute approximate surface area is 73.7 Å². The monoisotopic (exact) mass is 175 g/mol. The molecule has 0 bridgehead atoms. The molecule has 0 atom stereocenters. The lowest BCUT2D eigenvalue weighted by molar-refractivity contribution is 1.05. The van der Waals surface area contributed by atoms with E-state index in [0.717, 1.165) is 22.9 Å². The maximum absolute atomic E-state index is 8.45. The molecule has 2 rings (SSSR count). The Morgan fingerprint density at radius 2 is 2.25 bits per heavy atom. The predicted molar refractivity (Wildman–Crippen MR) is 48.3 cm³/mol. The third-order valence-electron chi connectivity index (χ3n) is 1.57. The lowest BCUT2D eigenvalue weighted by atomic mass is 10.3. The molecule has 12 heavy (non-hydrogen) atoms. The van der Waals surface area contributed by atoms with Gasteiger partial charge in [-0.15, -0.1) is 0 Å². The van der Waals surface area contributed by atoms with Gasteiger partial charge in [0.05, 0.1) is 23.7 Å². The van der Waals surface area contributed by atoms with Crippen LogP contribution in [0.1, 0.15) is 0 Å². The van der Waals surface area contributed by atoms with Gasteiger partial charge >= 0.3 is 0 Å². The first-order chi connectivity index (χ1) is 5.92. The van der Waals surface area contributed by atoms with Crippen molar-refractivity contribution in [2.75, 3.05) is 0 Å². The SMILES string of the molecule is N#CSn1ncc2ccccc21. The highest BCUT2D eigenvalue weighted by atomic mass is 32.2. The van der Waals surface area contributed by atoms with Crippen LogP contribution < -0.4 is 0 Å². The molecule has 0 aliphatic rings. The zero-order valence-electron chi connectivity index (χ0n) is 6.14. The lowest BCUT2D eigenvalue weighted by Gasteiger charge is -1.92. The fourth-order valence-corrected chi connectivity index (χ4v) is 1.50. The van der Waals surface area contributed by atoms with E-state index in [2.05, 4.69) is 5.10 Å². The molecular formula is C8H5N3S. The Hall–Kier alpha value is -1.47. The molecule has 0 fully saturated rings. The van der Waals surface area contributed by atoms with E-state index in [4.69, 9.17) is 5.26 Å². The summed E-state index contributed by atoms with van der Waals surface area (Å²) in [5.74, 6) is 0. The lowest BCUT2D eigenvalue weighted by Crippen LogP contribution is -1.84. The van der Waals surface area contributed by atoms with Crippen molar-refractivity contribution < 1.29 is 0 Å². The summed E-state index contributed by atoms with van der Waals surface area (Å²) in [7, 11) is 0. The highest BCUT2D eigenvalue weighted by Crippen LogP contribution is 2.16. The summed E-state index contributed by atoms with van der Waals surface area (Å²) in [6.45, 7) is 0. The van der Waals surface area contributed by atoms with Crippen LogP contribution in [0.5, 0.6) is 0 Å². The van der Waals surface area contributed by atoms with Crippen molar-refractivity contribution in [1.29, 1.82) is 5.26 Å². The van der Waals surface area contributed by atoms with Gasteiger partial charge < -0.3 is 0 Å². The molecule has 4 heteroatoms. The summed E-state index contributed by atoms with van der Waals surface area (Å²) >= 11 is 1.02. The van der Waals surface area contributed by atoms with Gasteiger partial charge in [-0.2, -0.15) is 14.4 Å². The fourth-order valence-electron chi connectivity index (χ4n) is 1.06. The smallest absolute Gasteiger partial charge is 0.157 e. The van der Waals surface area contributed by atoms with Gasteiger partial charge in [-0.1, -0.05) is 18.2 Å². The second kappa shape index (κ2) is 2.88. The van der Waals surface area contributed by atoms with Gasteiger partial charge in [0.2, 0.25) is 0 Å². The Bertz CT molecular complexity index is 441. The number of aromatic nitrogens is 2. The number of hydrogen-bond donors (Lipinski definition) is 0. The number of para-hydroxylation sites is 1. The average Bonchev–Trinajstić information content (AvgIpc) is 2.50. The maximum atomic E-state index is 8.45. The van der Waals surface area contributed by atoms with Crippen molar-refractivity contribution >= 4 is 22.9 Å². The van der Waals surface area contributed by atoms with Gasteiger partial charge in [0.25, 0.3) is 0 Å². The first-order valence-corrected chi connectivity index (χ1v) is 4.18. The highest BCUT2D eigenvalue weighted by Gasteiger charge is 1.99. The minimum atomic E-state index is 0.976. The first-order valence-electron chi connectivity index (χ1n) is 3.41. The second-order valence-electron chi connectivity index (χ2n) is 2.26. The van der Waals surface area contributed by atoms with Crippen molar-refractivity contribution in [1.82, 2.24) is 9.19 Å². The van der Waals surface area contributed by atoms with Crippen LogP contribution in [0.15, 0.2) is 30.5 Å². The molecule has 1 aromatic carbocycles. The van der Waals surface area contributed by atoms with Crippen LogP contribution in [0.25, 0.3) is 10.9 Å². The zero-order valence-corrected chi connectivity index (χ0v) is 6.95. The summed E-state index contributed by atoms with van der Waals surface area (Å²) in [4.78, 5) is 0. The molecule has 0 spiro atoms. The number of hydrogen-bond acceptors (Lipinski definition) is 3. The first kappa shape index (κ1) is 7.19. The van der Waals surface area contributed by atoms with Crippen molar-refractivity contribution in [3.63, 3.8) is 0 Å². The van der Waals surface area contributed by atoms with Crippen molar-refractivity contribution in [2.45, 2.75) is 0 Å². The number of benzene rings is 1. The van der Waals surface area contributed by atoms with E-state index in [1.54, 1.807) is 10.3 Å². The van der Waals surface area contributed by atoms with Gasteiger partial charge in [-0.25, -0.2) is 0 Å². The third kappa shape index (κ3) is 1.04. The molecule has 3 nitrogen and oxygen atoms in total. The minimum Gasteiger partial charge on any atom is -0.192 e. The van der Waals surface area contributed by atoms with Crippen LogP contribution in [-0.2, 0) is 0 Å². The van der Waals surface area contributed by atoms with Crippen molar-refractivity contribution in [3.05, 3.63) is 30.5 Å². The van der Waals surface area contributed by atoms with Gasteiger partial charge in [-0.3, -0.25) is 0 Å². The average molecular weight is 175 g/mol. The summed E-state index contributed by atoms with van der Waals surface area (Å²) in [6, 6.07) is 7.79. The molecule has 1 heterocycles. The highest BCUT2D eigenvalue weighted by molar-refractivity contribution is 8.02. The van der Waals surface area contributed by atoms with E-state index in [-0.39, 0.29) is 0 Å². The van der Waals surface area contributed by atoms with Crippen LogP contribution in [0.4, 0.5) is 0 Å². The summed E-state index contributed by atoms with van der Waals surface area (Å²) < 4.78 is 1.61. The molecule has 0 unspecified atom stereocenters. The van der Waals surface area contributed by atoms with E-state index in [1.165, 1.54) is 0 Å². The molecule has 0 aliphatic carbocycles. The van der Waals surface area contributed by atoms with E-state index < -0.39 is 0 Å². The van der Waals surface area contributed by atoms with Gasteiger partial charge in [0, 0.05) is 5.39 Å². The summed E-state index contributed by atoms with van der Waals surface area (Å²) in [5.41, 5.74) is 0.976. The number of rotatable bonds is 1. The minimum absolute atomic E-state index is 0.976. The summed E-state index contributed by atoms with van der Waals surface area (Å²) in [5, 5.41) is 15.5. The molecule has 0 radical (unpaired) electrons. The Kier molecular flexibility index (Phi) is 1.72. The molecular weight excluding hydrogens is 170 g/mol.